The van der Waals surface area contributed by atoms with Crippen LogP contribution in [0.5, 0.6) is 0 Å². The van der Waals surface area contributed by atoms with Gasteiger partial charge in [-0.3, -0.25) is 0 Å². The zero-order valence-electron chi connectivity index (χ0n) is 13.5. The van der Waals surface area contributed by atoms with Crippen LogP contribution >= 0.6 is 0 Å². The van der Waals surface area contributed by atoms with Crippen LogP contribution in [0.2, 0.25) is 0 Å². The second-order valence-electron chi connectivity index (χ2n) is 7.68. The van der Waals surface area contributed by atoms with Crippen LogP contribution in [-0.4, -0.2) is 6.04 Å². The van der Waals surface area contributed by atoms with E-state index in [1.807, 2.05) is 0 Å². The first-order valence-corrected chi connectivity index (χ1v) is 8.68. The summed E-state index contributed by atoms with van der Waals surface area (Å²) in [6.07, 6.45) is 17.9. The highest BCUT2D eigenvalue weighted by molar-refractivity contribution is 5.67. The molecule has 0 aromatic rings. The van der Waals surface area contributed by atoms with Crippen LogP contribution in [0.4, 0.5) is 0 Å². The Morgan fingerprint density at radius 3 is 2.59 bits per heavy atom. The molecule has 112 valence electrons. The first-order chi connectivity index (χ1) is 10.7. The first-order valence-electron chi connectivity index (χ1n) is 8.68. The van der Waals surface area contributed by atoms with E-state index in [1.54, 1.807) is 33.4 Å². The fourth-order valence-electron chi connectivity index (χ4n) is 5.03. The molecule has 1 nitrogen and oxygen atoms in total. The van der Waals surface area contributed by atoms with Crippen molar-refractivity contribution in [3.63, 3.8) is 0 Å². The quantitative estimate of drug-likeness (QED) is 0.670. The average molecular weight is 289 g/mol. The van der Waals surface area contributed by atoms with Crippen molar-refractivity contribution >= 4 is 0 Å². The summed E-state index contributed by atoms with van der Waals surface area (Å²) < 4.78 is 0. The summed E-state index contributed by atoms with van der Waals surface area (Å²) in [5.41, 5.74) is 11.2. The van der Waals surface area contributed by atoms with Crippen molar-refractivity contribution < 1.29 is 0 Å². The third-order valence-corrected chi connectivity index (χ3v) is 6.14. The zero-order chi connectivity index (χ0) is 14.9. The Hall–Kier alpha value is -1.76. The van der Waals surface area contributed by atoms with Gasteiger partial charge in [-0.05, 0) is 71.6 Å². The molecule has 0 spiro atoms. The van der Waals surface area contributed by atoms with Crippen molar-refractivity contribution in [2.75, 3.05) is 0 Å². The number of hydrogen-bond donors (Lipinski definition) is 1. The standard InChI is InChI=1S/C21H23N/c1-21(2)17-9-5-3-7-13(17)15-12-20-16(11-18(15)21)14-8-4-6-10-19(14)22-20/h5-6,9-11,20,22H,3-4,7-8,12H2,1-2H3. The Morgan fingerprint density at radius 1 is 0.955 bits per heavy atom. The lowest BCUT2D eigenvalue weighted by Crippen LogP contribution is -2.27. The van der Waals surface area contributed by atoms with Gasteiger partial charge in [0.25, 0.3) is 0 Å². The van der Waals surface area contributed by atoms with Gasteiger partial charge in [-0.2, -0.15) is 0 Å². The van der Waals surface area contributed by atoms with Crippen LogP contribution in [-0.2, 0) is 0 Å². The second-order valence-corrected chi connectivity index (χ2v) is 7.68. The number of rotatable bonds is 0. The van der Waals surface area contributed by atoms with Crippen molar-refractivity contribution in [2.45, 2.75) is 52.0 Å². The Labute approximate surface area is 132 Å². The summed E-state index contributed by atoms with van der Waals surface area (Å²) in [6, 6.07) is 0.514. The Kier molecular flexibility index (Phi) is 2.41. The van der Waals surface area contributed by atoms with Crippen molar-refractivity contribution in [2.24, 2.45) is 5.41 Å². The number of nitrogens with one attached hydrogen (secondary N) is 1. The molecule has 0 bridgehead atoms. The van der Waals surface area contributed by atoms with Gasteiger partial charge in [-0.15, -0.1) is 0 Å². The predicted octanol–water partition coefficient (Wildman–Crippen LogP) is 4.88. The number of fused-ring (bicyclic) bond motifs is 3. The van der Waals surface area contributed by atoms with E-state index in [-0.39, 0.29) is 5.41 Å². The molecule has 1 N–H and O–H groups in total. The Balaban J connectivity index is 1.65. The van der Waals surface area contributed by atoms with Crippen LogP contribution in [0, 0.1) is 5.41 Å². The van der Waals surface area contributed by atoms with Gasteiger partial charge in [0, 0.05) is 11.1 Å². The van der Waals surface area contributed by atoms with E-state index in [1.165, 1.54) is 37.8 Å². The topological polar surface area (TPSA) is 12.0 Å². The normalized spacial score (nSPS) is 30.8. The number of allylic oxidation sites excluding steroid dienone is 8. The van der Waals surface area contributed by atoms with Crippen LogP contribution in [0.25, 0.3) is 0 Å². The maximum atomic E-state index is 3.78. The monoisotopic (exact) mass is 289 g/mol. The third-order valence-electron chi connectivity index (χ3n) is 6.14. The van der Waals surface area contributed by atoms with Crippen molar-refractivity contribution in [3.05, 3.63) is 69.5 Å². The molecule has 5 aliphatic rings. The Morgan fingerprint density at radius 2 is 1.73 bits per heavy atom. The molecule has 1 aliphatic heterocycles. The van der Waals surface area contributed by atoms with Gasteiger partial charge < -0.3 is 5.32 Å². The molecular formula is C21H23N. The summed E-state index contributed by atoms with van der Waals surface area (Å²) in [4.78, 5) is 0. The molecule has 0 aromatic heterocycles. The van der Waals surface area contributed by atoms with Gasteiger partial charge in [0.05, 0.1) is 6.04 Å². The van der Waals surface area contributed by atoms with Gasteiger partial charge >= 0.3 is 0 Å². The highest BCUT2D eigenvalue weighted by atomic mass is 15.0. The molecule has 4 aliphatic carbocycles. The largest absolute Gasteiger partial charge is 0.378 e. The minimum absolute atomic E-state index is 0.188. The predicted molar refractivity (Wildman–Crippen MR) is 91.2 cm³/mol. The van der Waals surface area contributed by atoms with Gasteiger partial charge in [0.15, 0.2) is 0 Å². The van der Waals surface area contributed by atoms with Crippen LogP contribution in [0.15, 0.2) is 69.5 Å². The van der Waals surface area contributed by atoms with Gasteiger partial charge in [-0.1, -0.05) is 38.2 Å². The van der Waals surface area contributed by atoms with E-state index < -0.39 is 0 Å². The molecule has 0 fully saturated rings. The lowest BCUT2D eigenvalue weighted by atomic mass is 9.76. The van der Waals surface area contributed by atoms with Crippen LogP contribution in [0.1, 0.15) is 46.0 Å². The first kappa shape index (κ1) is 12.8. The summed E-state index contributed by atoms with van der Waals surface area (Å²) in [7, 11) is 0. The third kappa shape index (κ3) is 1.49. The van der Waals surface area contributed by atoms with Crippen LogP contribution in [0.3, 0.4) is 0 Å². The minimum atomic E-state index is 0.188. The van der Waals surface area contributed by atoms with E-state index in [0.29, 0.717) is 6.04 Å². The molecule has 1 heterocycles. The van der Waals surface area contributed by atoms with E-state index in [2.05, 4.69) is 49.5 Å². The van der Waals surface area contributed by atoms with Gasteiger partial charge in [-0.25, -0.2) is 0 Å². The van der Waals surface area contributed by atoms with Gasteiger partial charge in [0.1, 0.15) is 0 Å². The molecule has 0 saturated carbocycles. The van der Waals surface area contributed by atoms with Gasteiger partial charge in [0.2, 0.25) is 0 Å². The average Bonchev–Trinajstić information content (AvgIpc) is 3.00. The molecule has 1 atom stereocenters. The molecule has 1 heteroatoms. The molecular weight excluding hydrogens is 266 g/mol. The second kappa shape index (κ2) is 4.16. The highest BCUT2D eigenvalue weighted by Crippen LogP contribution is 2.55. The maximum Gasteiger partial charge on any atom is 0.0558 e. The van der Waals surface area contributed by atoms with E-state index >= 15 is 0 Å². The van der Waals surface area contributed by atoms with E-state index in [0.717, 1.165) is 0 Å². The highest BCUT2D eigenvalue weighted by Gasteiger charge is 2.43. The summed E-state index contributed by atoms with van der Waals surface area (Å²) >= 11 is 0. The van der Waals surface area contributed by atoms with Crippen LogP contribution < -0.4 is 5.32 Å². The maximum absolute atomic E-state index is 3.78. The molecule has 1 unspecified atom stereocenters. The lowest BCUT2D eigenvalue weighted by Gasteiger charge is -2.29. The summed E-state index contributed by atoms with van der Waals surface area (Å²) in [5.74, 6) is 0. The summed E-state index contributed by atoms with van der Waals surface area (Å²) in [5, 5.41) is 3.78. The SMILES string of the molecule is CC1(C)C2=C(CCC=C2)C2=C1C=C1C3=C(C=CCC3)NC1C2. The molecule has 0 aromatic carbocycles. The molecule has 5 rings (SSSR count). The van der Waals surface area contributed by atoms with Crippen molar-refractivity contribution in [3.8, 4) is 0 Å². The fraction of sp³-hybridized carbons (Fsp3) is 0.429. The molecule has 0 saturated heterocycles. The zero-order valence-corrected chi connectivity index (χ0v) is 13.5. The van der Waals surface area contributed by atoms with Crippen molar-refractivity contribution in [1.82, 2.24) is 5.32 Å². The van der Waals surface area contributed by atoms with E-state index in [4.69, 9.17) is 0 Å². The molecule has 0 amide bonds. The fourth-order valence-corrected chi connectivity index (χ4v) is 5.03. The van der Waals surface area contributed by atoms with E-state index in [9.17, 15) is 0 Å². The smallest absolute Gasteiger partial charge is 0.0558 e. The minimum Gasteiger partial charge on any atom is -0.378 e. The number of hydrogen-bond acceptors (Lipinski definition) is 1. The Bertz CT molecular complexity index is 762. The summed E-state index contributed by atoms with van der Waals surface area (Å²) in [6.45, 7) is 4.83. The molecule has 0 radical (unpaired) electrons. The lowest BCUT2D eigenvalue weighted by molar-refractivity contribution is 0.562. The molecule has 22 heavy (non-hydrogen) atoms. The van der Waals surface area contributed by atoms with Crippen molar-refractivity contribution in [1.29, 1.82) is 0 Å².